The van der Waals surface area contributed by atoms with Crippen LogP contribution in [0.5, 0.6) is 5.75 Å². The molecule has 0 radical (unpaired) electrons. The van der Waals surface area contributed by atoms with Crippen molar-refractivity contribution >= 4 is 16.8 Å². The van der Waals surface area contributed by atoms with Crippen molar-refractivity contribution in [1.82, 2.24) is 5.32 Å². The first-order valence-electron chi connectivity index (χ1n) is 6.78. The van der Waals surface area contributed by atoms with E-state index in [1.807, 2.05) is 12.1 Å². The number of ether oxygens (including phenoxy) is 2. The fourth-order valence-corrected chi connectivity index (χ4v) is 2.16. The highest BCUT2D eigenvalue weighted by Crippen LogP contribution is 2.28. The Kier molecular flexibility index (Phi) is 5.59. The Morgan fingerprint density at radius 2 is 1.85 bits per heavy atom. The molecule has 0 aliphatic carbocycles. The summed E-state index contributed by atoms with van der Waals surface area (Å²) < 4.78 is 10.4. The molecule has 0 aliphatic rings. The van der Waals surface area contributed by atoms with Gasteiger partial charge in [0, 0.05) is 25.6 Å². The molecule has 0 aromatic heterocycles. The van der Waals surface area contributed by atoms with E-state index < -0.39 is 0 Å². The minimum absolute atomic E-state index is 0.735. The molecule has 0 saturated heterocycles. The van der Waals surface area contributed by atoms with Crippen LogP contribution in [-0.4, -0.2) is 33.9 Å². The normalized spacial score (nSPS) is 11.3. The molecule has 0 saturated carbocycles. The molecular formula is C17H21NO2. The van der Waals surface area contributed by atoms with Crippen molar-refractivity contribution in [2.45, 2.75) is 0 Å². The third-order valence-corrected chi connectivity index (χ3v) is 3.18. The van der Waals surface area contributed by atoms with Crippen LogP contribution in [0.15, 0.2) is 42.5 Å². The summed E-state index contributed by atoms with van der Waals surface area (Å²) in [5.41, 5.74) is 1.20. The molecule has 20 heavy (non-hydrogen) atoms. The average Bonchev–Trinajstić information content (AvgIpc) is 2.50. The monoisotopic (exact) mass is 271 g/mol. The summed E-state index contributed by atoms with van der Waals surface area (Å²) in [6.45, 7) is 2.44. The number of hydrogen-bond donors (Lipinski definition) is 1. The van der Waals surface area contributed by atoms with Gasteiger partial charge < -0.3 is 14.8 Å². The van der Waals surface area contributed by atoms with Gasteiger partial charge in [0.15, 0.2) is 0 Å². The SMILES string of the molecule is COCCNC/C=C/c1ccc(OC)c2ccccc12. The third-order valence-electron chi connectivity index (χ3n) is 3.18. The lowest BCUT2D eigenvalue weighted by molar-refractivity contribution is 0.200. The summed E-state index contributed by atoms with van der Waals surface area (Å²) in [5, 5.41) is 5.64. The lowest BCUT2D eigenvalue weighted by Crippen LogP contribution is -2.18. The van der Waals surface area contributed by atoms with Gasteiger partial charge in [0.2, 0.25) is 0 Å². The van der Waals surface area contributed by atoms with E-state index in [-0.39, 0.29) is 0 Å². The smallest absolute Gasteiger partial charge is 0.126 e. The molecule has 0 aliphatic heterocycles. The van der Waals surface area contributed by atoms with Gasteiger partial charge in [-0.3, -0.25) is 0 Å². The molecule has 1 N–H and O–H groups in total. The summed E-state index contributed by atoms with van der Waals surface area (Å²) in [4.78, 5) is 0. The molecule has 0 heterocycles. The van der Waals surface area contributed by atoms with Gasteiger partial charge in [0.05, 0.1) is 13.7 Å². The Bertz CT molecular complexity index is 578. The van der Waals surface area contributed by atoms with Crippen LogP contribution >= 0.6 is 0 Å². The van der Waals surface area contributed by atoms with E-state index in [0.29, 0.717) is 0 Å². The topological polar surface area (TPSA) is 30.5 Å². The first-order valence-corrected chi connectivity index (χ1v) is 6.78. The van der Waals surface area contributed by atoms with Crippen LogP contribution < -0.4 is 10.1 Å². The van der Waals surface area contributed by atoms with Crippen molar-refractivity contribution in [2.75, 3.05) is 33.9 Å². The molecule has 0 spiro atoms. The molecule has 0 amide bonds. The van der Waals surface area contributed by atoms with E-state index in [1.165, 1.54) is 10.9 Å². The van der Waals surface area contributed by atoms with Crippen molar-refractivity contribution in [1.29, 1.82) is 0 Å². The Balaban J connectivity index is 2.12. The highest BCUT2D eigenvalue weighted by atomic mass is 16.5. The van der Waals surface area contributed by atoms with Gasteiger partial charge in [0.25, 0.3) is 0 Å². The van der Waals surface area contributed by atoms with Gasteiger partial charge in [0.1, 0.15) is 5.75 Å². The van der Waals surface area contributed by atoms with Crippen LogP contribution in [-0.2, 0) is 4.74 Å². The highest BCUT2D eigenvalue weighted by Gasteiger charge is 2.03. The fraction of sp³-hybridized carbons (Fsp3) is 0.294. The quantitative estimate of drug-likeness (QED) is 0.785. The summed E-state index contributed by atoms with van der Waals surface area (Å²) in [6, 6.07) is 12.4. The summed E-state index contributed by atoms with van der Waals surface area (Å²) in [5.74, 6) is 0.913. The maximum Gasteiger partial charge on any atom is 0.126 e. The number of hydrogen-bond acceptors (Lipinski definition) is 3. The standard InChI is InChI=1S/C17H21NO2/c1-19-13-12-18-11-5-6-14-9-10-17(20-2)16-8-4-3-7-15(14)16/h3-10,18H,11-13H2,1-2H3/b6-5+. The average molecular weight is 271 g/mol. The third kappa shape index (κ3) is 3.59. The van der Waals surface area contributed by atoms with Crippen molar-refractivity contribution < 1.29 is 9.47 Å². The largest absolute Gasteiger partial charge is 0.496 e. The van der Waals surface area contributed by atoms with Crippen LogP contribution in [0.25, 0.3) is 16.8 Å². The Labute approximate surface area is 120 Å². The van der Waals surface area contributed by atoms with Crippen LogP contribution in [0, 0.1) is 0 Å². The minimum Gasteiger partial charge on any atom is -0.496 e. The maximum absolute atomic E-state index is 5.40. The molecule has 2 rings (SSSR count). The van der Waals surface area contributed by atoms with E-state index in [1.54, 1.807) is 14.2 Å². The predicted octanol–water partition coefficient (Wildman–Crippen LogP) is 3.10. The van der Waals surface area contributed by atoms with Gasteiger partial charge in [-0.15, -0.1) is 0 Å². The Hall–Kier alpha value is -1.84. The van der Waals surface area contributed by atoms with Crippen molar-refractivity contribution in [2.24, 2.45) is 0 Å². The van der Waals surface area contributed by atoms with Gasteiger partial charge in [-0.2, -0.15) is 0 Å². The van der Waals surface area contributed by atoms with Crippen LogP contribution in [0.1, 0.15) is 5.56 Å². The molecule has 0 bridgehead atoms. The molecule has 2 aromatic rings. The van der Waals surface area contributed by atoms with Crippen molar-refractivity contribution in [3.8, 4) is 5.75 Å². The van der Waals surface area contributed by atoms with E-state index in [2.05, 4.69) is 41.7 Å². The highest BCUT2D eigenvalue weighted by molar-refractivity contribution is 5.94. The van der Waals surface area contributed by atoms with E-state index in [4.69, 9.17) is 9.47 Å². The molecule has 0 fully saturated rings. The van der Waals surface area contributed by atoms with Crippen molar-refractivity contribution in [3.05, 3.63) is 48.0 Å². The first kappa shape index (κ1) is 14.6. The first-order chi connectivity index (χ1) is 9.86. The van der Waals surface area contributed by atoms with Crippen molar-refractivity contribution in [3.63, 3.8) is 0 Å². The Morgan fingerprint density at radius 3 is 2.60 bits per heavy atom. The van der Waals surface area contributed by atoms with E-state index in [9.17, 15) is 0 Å². The molecule has 3 heteroatoms. The molecular weight excluding hydrogens is 250 g/mol. The number of benzene rings is 2. The van der Waals surface area contributed by atoms with Gasteiger partial charge in [-0.1, -0.05) is 42.5 Å². The Morgan fingerprint density at radius 1 is 1.05 bits per heavy atom. The molecule has 3 nitrogen and oxygen atoms in total. The number of methoxy groups -OCH3 is 2. The number of rotatable bonds is 7. The van der Waals surface area contributed by atoms with Gasteiger partial charge in [-0.05, 0) is 17.0 Å². The second kappa shape index (κ2) is 7.68. The fourth-order valence-electron chi connectivity index (χ4n) is 2.16. The zero-order chi connectivity index (χ0) is 14.2. The molecule has 106 valence electrons. The summed E-state index contributed by atoms with van der Waals surface area (Å²) in [6.07, 6.45) is 4.27. The molecule has 2 aromatic carbocycles. The molecule has 0 atom stereocenters. The second-order valence-electron chi connectivity index (χ2n) is 4.50. The second-order valence-corrected chi connectivity index (χ2v) is 4.50. The minimum atomic E-state index is 0.735. The van der Waals surface area contributed by atoms with Crippen LogP contribution in [0.4, 0.5) is 0 Å². The molecule has 0 unspecified atom stereocenters. The summed E-state index contributed by atoms with van der Waals surface area (Å²) in [7, 11) is 3.41. The van der Waals surface area contributed by atoms with Gasteiger partial charge in [-0.25, -0.2) is 0 Å². The lowest BCUT2D eigenvalue weighted by Gasteiger charge is -2.08. The van der Waals surface area contributed by atoms with E-state index >= 15 is 0 Å². The zero-order valence-corrected chi connectivity index (χ0v) is 12.1. The maximum atomic E-state index is 5.40. The number of nitrogens with one attached hydrogen (secondary N) is 1. The van der Waals surface area contributed by atoms with Gasteiger partial charge >= 0.3 is 0 Å². The van der Waals surface area contributed by atoms with Crippen LogP contribution in [0.3, 0.4) is 0 Å². The van der Waals surface area contributed by atoms with E-state index in [0.717, 1.165) is 30.8 Å². The number of fused-ring (bicyclic) bond motifs is 1. The van der Waals surface area contributed by atoms with Crippen LogP contribution in [0.2, 0.25) is 0 Å². The lowest BCUT2D eigenvalue weighted by atomic mass is 10.0. The zero-order valence-electron chi connectivity index (χ0n) is 12.1. The predicted molar refractivity (Wildman–Crippen MR) is 84.3 cm³/mol. The summed E-state index contributed by atoms with van der Waals surface area (Å²) >= 11 is 0.